The monoisotopic (exact) mass is 249 g/mol. The molecule has 1 unspecified atom stereocenters. The molecule has 1 amide bonds. The summed E-state index contributed by atoms with van der Waals surface area (Å²) in [6.07, 6.45) is -6.22. The molecule has 1 aromatic rings. The van der Waals surface area contributed by atoms with Gasteiger partial charge in [0.05, 0.1) is 0 Å². The molecule has 4 nitrogen and oxygen atoms in total. The van der Waals surface area contributed by atoms with E-state index in [-0.39, 0.29) is 6.54 Å². The van der Waals surface area contributed by atoms with E-state index in [4.69, 9.17) is 4.42 Å². The highest BCUT2D eigenvalue weighted by Gasteiger charge is 2.62. The number of alkyl halides is 3. The van der Waals surface area contributed by atoms with Crippen molar-refractivity contribution in [2.75, 3.05) is 6.54 Å². The summed E-state index contributed by atoms with van der Waals surface area (Å²) in [4.78, 5) is 11.0. The number of ether oxygens (including phenoxy) is 1. The number of cyclic esters (lactones) is 1. The van der Waals surface area contributed by atoms with Gasteiger partial charge in [0.25, 0.3) is 5.60 Å². The number of hydrogen-bond donors (Lipinski definition) is 1. The first-order valence-corrected chi connectivity index (χ1v) is 4.96. The summed E-state index contributed by atoms with van der Waals surface area (Å²) in [5.74, 6) is -0.0597. The molecular weight excluding hydrogens is 239 g/mol. The third-order valence-corrected chi connectivity index (χ3v) is 2.61. The SMILES string of the molecule is Cc1ccc(C2(C(F)(F)F)CCNC(=O)O2)o1. The van der Waals surface area contributed by atoms with Crippen molar-refractivity contribution >= 4 is 6.09 Å². The van der Waals surface area contributed by atoms with Crippen LogP contribution in [-0.4, -0.2) is 18.8 Å². The van der Waals surface area contributed by atoms with Crippen LogP contribution in [0.4, 0.5) is 18.0 Å². The molecule has 17 heavy (non-hydrogen) atoms. The second kappa shape index (κ2) is 3.68. The summed E-state index contributed by atoms with van der Waals surface area (Å²) in [7, 11) is 0. The molecule has 0 bridgehead atoms. The van der Waals surface area contributed by atoms with E-state index in [9.17, 15) is 18.0 Å². The van der Waals surface area contributed by atoms with Crippen molar-refractivity contribution in [2.45, 2.75) is 25.1 Å². The van der Waals surface area contributed by atoms with Gasteiger partial charge < -0.3 is 14.5 Å². The number of hydrogen-bond acceptors (Lipinski definition) is 3. The predicted octanol–water partition coefficient (Wildman–Crippen LogP) is 2.48. The van der Waals surface area contributed by atoms with Crippen molar-refractivity contribution in [3.8, 4) is 0 Å². The van der Waals surface area contributed by atoms with Gasteiger partial charge in [0, 0.05) is 13.0 Å². The first-order chi connectivity index (χ1) is 7.85. The predicted molar refractivity (Wildman–Crippen MR) is 50.3 cm³/mol. The maximum absolute atomic E-state index is 13.1. The maximum Gasteiger partial charge on any atom is 0.436 e. The van der Waals surface area contributed by atoms with Crippen LogP contribution in [0.15, 0.2) is 16.5 Å². The van der Waals surface area contributed by atoms with E-state index < -0.39 is 30.1 Å². The summed E-state index contributed by atoms with van der Waals surface area (Å²) in [5.41, 5.74) is -2.68. The zero-order valence-corrected chi connectivity index (χ0v) is 8.93. The fourth-order valence-corrected chi connectivity index (χ4v) is 1.75. The first kappa shape index (κ1) is 11.8. The van der Waals surface area contributed by atoms with E-state index in [1.165, 1.54) is 19.1 Å². The Bertz CT molecular complexity index is 440. The van der Waals surface area contributed by atoms with Crippen molar-refractivity contribution < 1.29 is 27.1 Å². The van der Waals surface area contributed by atoms with Gasteiger partial charge in [-0.25, -0.2) is 4.79 Å². The van der Waals surface area contributed by atoms with Crippen LogP contribution in [0.2, 0.25) is 0 Å². The van der Waals surface area contributed by atoms with Crippen molar-refractivity contribution in [1.82, 2.24) is 5.32 Å². The van der Waals surface area contributed by atoms with Crippen LogP contribution in [0.25, 0.3) is 0 Å². The van der Waals surface area contributed by atoms with E-state index in [0.29, 0.717) is 5.76 Å². The fraction of sp³-hybridized carbons (Fsp3) is 0.500. The Balaban J connectivity index is 2.47. The van der Waals surface area contributed by atoms with Gasteiger partial charge in [0.1, 0.15) is 5.76 Å². The molecule has 1 aromatic heterocycles. The molecule has 1 aliphatic heterocycles. The van der Waals surface area contributed by atoms with Gasteiger partial charge in [-0.3, -0.25) is 0 Å². The highest BCUT2D eigenvalue weighted by molar-refractivity contribution is 5.69. The molecule has 1 N–H and O–H groups in total. The molecule has 2 rings (SSSR count). The van der Waals surface area contributed by atoms with Gasteiger partial charge in [-0.05, 0) is 19.1 Å². The van der Waals surface area contributed by atoms with Gasteiger partial charge >= 0.3 is 12.3 Å². The van der Waals surface area contributed by atoms with Crippen LogP contribution in [0.5, 0.6) is 0 Å². The normalized spacial score (nSPS) is 25.3. The lowest BCUT2D eigenvalue weighted by atomic mass is 9.94. The van der Waals surface area contributed by atoms with Crippen LogP contribution < -0.4 is 5.32 Å². The smallest absolute Gasteiger partial charge is 0.436 e. The third kappa shape index (κ3) is 1.85. The lowest BCUT2D eigenvalue weighted by Gasteiger charge is -2.36. The number of furan rings is 1. The van der Waals surface area contributed by atoms with E-state index >= 15 is 0 Å². The zero-order chi connectivity index (χ0) is 12.7. The van der Waals surface area contributed by atoms with Crippen molar-refractivity contribution in [2.24, 2.45) is 0 Å². The third-order valence-electron chi connectivity index (χ3n) is 2.61. The average molecular weight is 249 g/mol. The lowest BCUT2D eigenvalue weighted by molar-refractivity contribution is -0.277. The van der Waals surface area contributed by atoms with E-state index in [1.54, 1.807) is 0 Å². The minimum Gasteiger partial charge on any atom is -0.462 e. The Morgan fingerprint density at radius 1 is 1.41 bits per heavy atom. The highest BCUT2D eigenvalue weighted by atomic mass is 19.4. The molecular formula is C10H10F3NO3. The molecule has 1 fully saturated rings. The van der Waals surface area contributed by atoms with Crippen LogP contribution >= 0.6 is 0 Å². The molecule has 0 aliphatic carbocycles. The zero-order valence-electron chi connectivity index (χ0n) is 8.93. The Morgan fingerprint density at radius 2 is 2.12 bits per heavy atom. The molecule has 1 aliphatic rings. The summed E-state index contributed by atoms with van der Waals surface area (Å²) < 4.78 is 48.7. The lowest BCUT2D eigenvalue weighted by Crippen LogP contribution is -2.53. The van der Waals surface area contributed by atoms with Crippen molar-refractivity contribution in [3.63, 3.8) is 0 Å². The quantitative estimate of drug-likeness (QED) is 0.831. The van der Waals surface area contributed by atoms with Gasteiger partial charge in [-0.15, -0.1) is 0 Å². The Hall–Kier alpha value is -1.66. The molecule has 1 atom stereocenters. The minimum atomic E-state index is -4.71. The maximum atomic E-state index is 13.1. The second-order valence-electron chi connectivity index (χ2n) is 3.80. The molecule has 0 aromatic carbocycles. The van der Waals surface area contributed by atoms with Crippen LogP contribution in [-0.2, 0) is 10.3 Å². The number of amides is 1. The van der Waals surface area contributed by atoms with Gasteiger partial charge in [-0.1, -0.05) is 0 Å². The highest BCUT2D eigenvalue weighted by Crippen LogP contribution is 2.46. The molecule has 0 saturated carbocycles. The Labute approximate surface area is 94.7 Å². The molecule has 94 valence electrons. The van der Waals surface area contributed by atoms with E-state index in [2.05, 4.69) is 10.1 Å². The van der Waals surface area contributed by atoms with Crippen LogP contribution in [0.1, 0.15) is 17.9 Å². The number of rotatable bonds is 1. The van der Waals surface area contributed by atoms with Gasteiger partial charge in [0.2, 0.25) is 0 Å². The molecule has 0 radical (unpaired) electrons. The number of carbonyl (C=O) groups is 1. The summed E-state index contributed by atoms with van der Waals surface area (Å²) >= 11 is 0. The number of alkyl carbamates (subject to hydrolysis) is 1. The molecule has 1 saturated heterocycles. The number of aryl methyl sites for hydroxylation is 1. The molecule has 0 spiro atoms. The van der Waals surface area contributed by atoms with Gasteiger partial charge in [-0.2, -0.15) is 13.2 Å². The second-order valence-corrected chi connectivity index (χ2v) is 3.80. The van der Waals surface area contributed by atoms with Crippen LogP contribution in [0, 0.1) is 6.92 Å². The summed E-state index contributed by atoms with van der Waals surface area (Å²) in [5, 5.41) is 2.18. The van der Waals surface area contributed by atoms with Crippen molar-refractivity contribution in [3.05, 3.63) is 23.7 Å². The largest absolute Gasteiger partial charge is 0.462 e. The Morgan fingerprint density at radius 3 is 2.59 bits per heavy atom. The van der Waals surface area contributed by atoms with Gasteiger partial charge in [0.15, 0.2) is 5.76 Å². The molecule has 2 heterocycles. The summed E-state index contributed by atoms with van der Waals surface area (Å²) in [6.45, 7) is 1.41. The topological polar surface area (TPSA) is 51.5 Å². The number of carbonyl (C=O) groups excluding carboxylic acids is 1. The number of halogens is 3. The fourth-order valence-electron chi connectivity index (χ4n) is 1.75. The average Bonchev–Trinajstić information content (AvgIpc) is 2.63. The molecule has 7 heteroatoms. The minimum absolute atomic E-state index is 0.113. The van der Waals surface area contributed by atoms with Crippen molar-refractivity contribution in [1.29, 1.82) is 0 Å². The van der Waals surface area contributed by atoms with E-state index in [0.717, 1.165) is 0 Å². The standard InChI is InChI=1S/C10H10F3NO3/c1-6-2-3-7(16-6)9(10(11,12)13)4-5-14-8(15)17-9/h2-3H,4-5H2,1H3,(H,14,15). The van der Waals surface area contributed by atoms with Crippen LogP contribution in [0.3, 0.4) is 0 Å². The Kier molecular flexibility index (Phi) is 2.56. The first-order valence-electron chi connectivity index (χ1n) is 4.96. The summed E-state index contributed by atoms with van der Waals surface area (Å²) in [6, 6.07) is 2.58. The van der Waals surface area contributed by atoms with E-state index in [1.807, 2.05) is 0 Å². The number of nitrogens with one attached hydrogen (secondary N) is 1.